The number of aryl methyl sites for hydroxylation is 2. The number of ketones is 1. The molecule has 4 nitrogen and oxygen atoms in total. The fourth-order valence-electron chi connectivity index (χ4n) is 2.62. The number of carbonyl (C=O) groups excluding carboxylic acids is 1. The predicted octanol–water partition coefficient (Wildman–Crippen LogP) is 4.14. The highest BCUT2D eigenvalue weighted by Crippen LogP contribution is 2.27. The van der Waals surface area contributed by atoms with E-state index in [-0.39, 0.29) is 16.8 Å². The summed E-state index contributed by atoms with van der Waals surface area (Å²) in [4.78, 5) is 12.7. The zero-order chi connectivity index (χ0) is 18.1. The van der Waals surface area contributed by atoms with Crippen molar-refractivity contribution in [1.29, 1.82) is 5.26 Å². The summed E-state index contributed by atoms with van der Waals surface area (Å²) in [7, 11) is 0. The molecule has 126 valence electrons. The summed E-state index contributed by atoms with van der Waals surface area (Å²) in [5.74, 6) is -2.25. The van der Waals surface area contributed by atoms with Crippen LogP contribution in [0.5, 0.6) is 0 Å². The molecule has 0 aliphatic carbocycles. The maximum absolute atomic E-state index is 14.3. The van der Waals surface area contributed by atoms with E-state index in [1.54, 1.807) is 19.1 Å². The van der Waals surface area contributed by atoms with Gasteiger partial charge in [0.25, 0.3) is 0 Å². The van der Waals surface area contributed by atoms with Gasteiger partial charge in [-0.2, -0.15) is 10.4 Å². The van der Waals surface area contributed by atoms with Gasteiger partial charge in [0.15, 0.2) is 5.82 Å². The number of halogens is 1. The van der Waals surface area contributed by atoms with Crippen LogP contribution in [0.15, 0.2) is 24.3 Å². The van der Waals surface area contributed by atoms with Crippen molar-refractivity contribution in [3.05, 3.63) is 52.6 Å². The van der Waals surface area contributed by atoms with Crippen LogP contribution in [0.1, 0.15) is 60.9 Å². The Hall–Kier alpha value is -2.48. The van der Waals surface area contributed by atoms with Gasteiger partial charge in [-0.15, -0.1) is 0 Å². The Labute approximate surface area is 141 Å². The van der Waals surface area contributed by atoms with Crippen LogP contribution in [0.25, 0.3) is 0 Å². The number of hydrogen-bond donors (Lipinski definition) is 0. The van der Waals surface area contributed by atoms with Crippen molar-refractivity contribution in [2.75, 3.05) is 0 Å². The molecule has 0 N–H and O–H groups in total. The second-order valence-corrected chi connectivity index (χ2v) is 6.86. The molecule has 1 aromatic carbocycles. The smallest absolute Gasteiger partial charge is 0.205 e. The molecule has 24 heavy (non-hydrogen) atoms. The Morgan fingerprint density at radius 3 is 2.38 bits per heavy atom. The normalized spacial score (nSPS) is 12.7. The Morgan fingerprint density at radius 2 is 1.92 bits per heavy atom. The third-order valence-corrected chi connectivity index (χ3v) is 4.09. The van der Waals surface area contributed by atoms with Gasteiger partial charge < -0.3 is 0 Å². The molecular weight excluding hydrogens is 305 g/mol. The quantitative estimate of drug-likeness (QED) is 0.793. The van der Waals surface area contributed by atoms with Crippen LogP contribution in [-0.4, -0.2) is 15.6 Å². The summed E-state index contributed by atoms with van der Waals surface area (Å²) in [6.07, 6.45) is 0. The number of nitrogens with zero attached hydrogens (tertiary/aromatic N) is 3. The maximum atomic E-state index is 14.3. The average Bonchev–Trinajstić information content (AvgIpc) is 2.82. The van der Waals surface area contributed by atoms with Gasteiger partial charge in [0.2, 0.25) is 5.78 Å². The molecule has 0 aliphatic rings. The number of rotatable bonds is 4. The number of Topliss-reactive ketones (excluding diaryl/α,β-unsaturated/α-hetero) is 1. The molecule has 2 aromatic rings. The van der Waals surface area contributed by atoms with Crippen molar-refractivity contribution < 1.29 is 9.18 Å². The van der Waals surface area contributed by atoms with Gasteiger partial charge in [0, 0.05) is 6.54 Å². The van der Waals surface area contributed by atoms with Gasteiger partial charge >= 0.3 is 0 Å². The summed E-state index contributed by atoms with van der Waals surface area (Å²) in [6.45, 7) is 9.93. The largest absolute Gasteiger partial charge is 0.290 e. The average molecular weight is 327 g/mol. The minimum Gasteiger partial charge on any atom is -0.290 e. The van der Waals surface area contributed by atoms with E-state index < -0.39 is 17.5 Å². The third-order valence-electron chi connectivity index (χ3n) is 4.09. The van der Waals surface area contributed by atoms with Gasteiger partial charge in [-0.1, -0.05) is 45.0 Å². The van der Waals surface area contributed by atoms with Gasteiger partial charge in [0.05, 0.1) is 11.8 Å². The van der Waals surface area contributed by atoms with E-state index in [1.165, 1.54) is 11.6 Å². The van der Waals surface area contributed by atoms with E-state index in [9.17, 15) is 14.4 Å². The number of aromatic nitrogens is 2. The maximum Gasteiger partial charge on any atom is 0.205 e. The van der Waals surface area contributed by atoms with E-state index in [2.05, 4.69) is 25.9 Å². The zero-order valence-electron chi connectivity index (χ0n) is 14.7. The number of benzene rings is 1. The van der Waals surface area contributed by atoms with E-state index in [0.29, 0.717) is 12.1 Å². The first-order valence-electron chi connectivity index (χ1n) is 7.97. The van der Waals surface area contributed by atoms with E-state index >= 15 is 0 Å². The van der Waals surface area contributed by atoms with Crippen LogP contribution in [0.4, 0.5) is 4.39 Å². The van der Waals surface area contributed by atoms with Crippen molar-refractivity contribution in [3.8, 4) is 6.07 Å². The minimum atomic E-state index is -1.05. The Bertz CT molecular complexity index is 792. The molecule has 0 bridgehead atoms. The molecule has 1 unspecified atom stereocenters. The fourth-order valence-corrected chi connectivity index (χ4v) is 2.62. The molecule has 5 heteroatoms. The molecule has 2 rings (SSSR count). The summed E-state index contributed by atoms with van der Waals surface area (Å²) >= 11 is 0. The molecular formula is C19H22FN3O. The highest BCUT2D eigenvalue weighted by molar-refractivity contribution is 6.01. The summed E-state index contributed by atoms with van der Waals surface area (Å²) in [6, 6.07) is 9.36. The van der Waals surface area contributed by atoms with E-state index in [1.807, 2.05) is 18.2 Å². The first kappa shape index (κ1) is 17.9. The fraction of sp³-hybridized carbons (Fsp3) is 0.421. The van der Waals surface area contributed by atoms with Crippen molar-refractivity contribution in [2.45, 2.75) is 52.5 Å². The lowest BCUT2D eigenvalue weighted by molar-refractivity contribution is 0.0964. The highest BCUT2D eigenvalue weighted by Gasteiger charge is 2.29. The van der Waals surface area contributed by atoms with Gasteiger partial charge in [0.1, 0.15) is 11.6 Å². The van der Waals surface area contributed by atoms with Crippen LogP contribution < -0.4 is 0 Å². The third kappa shape index (κ3) is 3.23. The van der Waals surface area contributed by atoms with Crippen molar-refractivity contribution in [3.63, 3.8) is 0 Å². The van der Waals surface area contributed by atoms with Crippen molar-refractivity contribution in [2.24, 2.45) is 0 Å². The van der Waals surface area contributed by atoms with Crippen LogP contribution >= 0.6 is 0 Å². The topological polar surface area (TPSA) is 58.7 Å². The summed E-state index contributed by atoms with van der Waals surface area (Å²) in [5, 5.41) is 13.5. The molecule has 0 spiro atoms. The second kappa shape index (κ2) is 6.56. The monoisotopic (exact) mass is 327 g/mol. The molecule has 0 saturated heterocycles. The predicted molar refractivity (Wildman–Crippen MR) is 90.4 cm³/mol. The Kier molecular flexibility index (Phi) is 4.88. The summed E-state index contributed by atoms with van der Waals surface area (Å²) < 4.78 is 15.6. The van der Waals surface area contributed by atoms with Crippen LogP contribution in [0.2, 0.25) is 0 Å². The SMILES string of the molecule is CCn1nc(C)c(F)c1C(=O)C(C#N)c1ccc(C(C)(C)C)cc1. The van der Waals surface area contributed by atoms with Gasteiger partial charge in [-0.25, -0.2) is 4.39 Å². The van der Waals surface area contributed by atoms with Crippen LogP contribution in [0, 0.1) is 24.1 Å². The Balaban J connectivity index is 2.42. The first-order chi connectivity index (χ1) is 11.2. The zero-order valence-corrected chi connectivity index (χ0v) is 14.7. The molecule has 1 heterocycles. The highest BCUT2D eigenvalue weighted by atomic mass is 19.1. The minimum absolute atomic E-state index is 0.0191. The summed E-state index contributed by atoms with van der Waals surface area (Å²) in [5.41, 5.74) is 1.70. The molecule has 0 radical (unpaired) electrons. The molecule has 0 saturated carbocycles. The van der Waals surface area contributed by atoms with Crippen LogP contribution in [0.3, 0.4) is 0 Å². The number of nitriles is 1. The first-order valence-corrected chi connectivity index (χ1v) is 7.97. The molecule has 0 fully saturated rings. The number of hydrogen-bond acceptors (Lipinski definition) is 3. The van der Waals surface area contributed by atoms with Gasteiger partial charge in [-0.3, -0.25) is 9.48 Å². The second-order valence-electron chi connectivity index (χ2n) is 6.86. The lowest BCUT2D eigenvalue weighted by Gasteiger charge is -2.19. The molecule has 1 atom stereocenters. The Morgan fingerprint density at radius 1 is 1.33 bits per heavy atom. The molecule has 0 aliphatic heterocycles. The van der Waals surface area contributed by atoms with Crippen molar-refractivity contribution in [1.82, 2.24) is 9.78 Å². The lowest BCUT2D eigenvalue weighted by atomic mass is 9.85. The lowest BCUT2D eigenvalue weighted by Crippen LogP contribution is -2.18. The van der Waals surface area contributed by atoms with E-state index in [4.69, 9.17) is 0 Å². The van der Waals surface area contributed by atoms with Crippen molar-refractivity contribution >= 4 is 5.78 Å². The van der Waals surface area contributed by atoms with Crippen LogP contribution in [-0.2, 0) is 12.0 Å². The van der Waals surface area contributed by atoms with Gasteiger partial charge in [-0.05, 0) is 30.4 Å². The molecule has 0 amide bonds. The standard InChI is InChI=1S/C19H22FN3O/c1-6-23-17(16(20)12(2)22-23)18(24)15(11-21)13-7-9-14(10-8-13)19(3,4)5/h7-10,15H,6H2,1-5H3. The number of carbonyl (C=O) groups is 1. The van der Waals surface area contributed by atoms with E-state index in [0.717, 1.165) is 5.56 Å². The molecule has 1 aromatic heterocycles.